The summed E-state index contributed by atoms with van der Waals surface area (Å²) in [5.41, 5.74) is 5.56. The summed E-state index contributed by atoms with van der Waals surface area (Å²) in [6.45, 7) is 1.61. The van der Waals surface area contributed by atoms with Crippen LogP contribution in [0.1, 0.15) is 31.2 Å². The van der Waals surface area contributed by atoms with E-state index in [4.69, 9.17) is 5.73 Å². The summed E-state index contributed by atoms with van der Waals surface area (Å²) in [5.74, 6) is 0.146. The third-order valence-electron chi connectivity index (χ3n) is 5.03. The Kier molecular flexibility index (Phi) is 3.57. The van der Waals surface area contributed by atoms with Crippen LogP contribution in [-0.4, -0.2) is 19.0 Å². The molecule has 1 atom stereocenters. The third kappa shape index (κ3) is 2.91. The number of benzene rings is 1. The number of amides is 1. The second kappa shape index (κ2) is 5.18. The van der Waals surface area contributed by atoms with Gasteiger partial charge in [-0.3, -0.25) is 4.79 Å². The van der Waals surface area contributed by atoms with Gasteiger partial charge in [0.05, 0.1) is 5.56 Å². The lowest BCUT2D eigenvalue weighted by Crippen LogP contribution is -2.27. The Morgan fingerprint density at radius 1 is 1.27 bits per heavy atom. The van der Waals surface area contributed by atoms with Gasteiger partial charge in [0, 0.05) is 25.2 Å². The zero-order valence-corrected chi connectivity index (χ0v) is 12.2. The van der Waals surface area contributed by atoms with Crippen molar-refractivity contribution in [3.8, 4) is 0 Å². The number of hydrogen-bond acceptors (Lipinski definition) is 2. The van der Waals surface area contributed by atoms with Crippen molar-refractivity contribution in [1.82, 2.24) is 0 Å². The van der Waals surface area contributed by atoms with E-state index < -0.39 is 11.7 Å². The molecule has 3 nitrogen and oxygen atoms in total. The summed E-state index contributed by atoms with van der Waals surface area (Å²) in [6.07, 6.45) is -0.846. The van der Waals surface area contributed by atoms with E-state index in [1.807, 2.05) is 0 Å². The molecule has 1 aromatic carbocycles. The van der Waals surface area contributed by atoms with Gasteiger partial charge in [-0.25, -0.2) is 0 Å². The van der Waals surface area contributed by atoms with E-state index >= 15 is 0 Å². The summed E-state index contributed by atoms with van der Waals surface area (Å²) in [7, 11) is 0. The fraction of sp³-hybridized carbons (Fsp3) is 0.562. The van der Waals surface area contributed by atoms with E-state index in [0.29, 0.717) is 12.3 Å². The molecule has 2 aliphatic rings. The van der Waals surface area contributed by atoms with Crippen LogP contribution in [0.15, 0.2) is 24.3 Å². The quantitative estimate of drug-likeness (QED) is 0.928. The number of halogens is 3. The Labute approximate surface area is 127 Å². The number of anilines is 1. The smallest absolute Gasteiger partial charge is 0.371 e. The molecule has 3 rings (SSSR count). The van der Waals surface area contributed by atoms with Crippen molar-refractivity contribution < 1.29 is 18.0 Å². The minimum absolute atomic E-state index is 0.0481. The number of primary amides is 1. The monoisotopic (exact) mass is 312 g/mol. The molecule has 0 bridgehead atoms. The van der Waals surface area contributed by atoms with E-state index in [9.17, 15) is 18.0 Å². The van der Waals surface area contributed by atoms with Crippen LogP contribution in [0.3, 0.4) is 0 Å². The summed E-state index contributed by atoms with van der Waals surface area (Å²) < 4.78 is 37.8. The van der Waals surface area contributed by atoms with Gasteiger partial charge in [-0.05, 0) is 54.9 Å². The summed E-state index contributed by atoms with van der Waals surface area (Å²) in [5, 5.41) is 0. The van der Waals surface area contributed by atoms with E-state index in [2.05, 4.69) is 4.90 Å². The molecule has 1 aliphatic heterocycles. The molecule has 120 valence electrons. The average molecular weight is 312 g/mol. The molecule has 0 radical (unpaired) electrons. The van der Waals surface area contributed by atoms with E-state index in [-0.39, 0.29) is 11.3 Å². The number of carbonyl (C=O) groups excluding carboxylic acids is 1. The van der Waals surface area contributed by atoms with E-state index in [1.54, 1.807) is 0 Å². The highest BCUT2D eigenvalue weighted by molar-refractivity contribution is 5.75. The van der Waals surface area contributed by atoms with Crippen LogP contribution in [0.25, 0.3) is 0 Å². The number of rotatable bonds is 4. The normalized spacial score (nSPS) is 23.6. The van der Waals surface area contributed by atoms with Gasteiger partial charge in [0.1, 0.15) is 0 Å². The first-order valence-electron chi connectivity index (χ1n) is 7.51. The Bertz CT molecular complexity index is 564. The van der Waals surface area contributed by atoms with Crippen molar-refractivity contribution in [2.45, 2.75) is 31.9 Å². The highest BCUT2D eigenvalue weighted by atomic mass is 19.4. The molecule has 1 saturated heterocycles. The Hall–Kier alpha value is -1.72. The van der Waals surface area contributed by atoms with Crippen LogP contribution >= 0.6 is 0 Å². The molecule has 1 heterocycles. The molecule has 2 N–H and O–H groups in total. The van der Waals surface area contributed by atoms with Crippen LogP contribution in [0.2, 0.25) is 0 Å². The first kappa shape index (κ1) is 15.2. The number of hydrogen-bond donors (Lipinski definition) is 1. The van der Waals surface area contributed by atoms with Crippen molar-refractivity contribution in [2.75, 3.05) is 18.0 Å². The van der Waals surface area contributed by atoms with Gasteiger partial charge in [-0.15, -0.1) is 0 Å². The third-order valence-corrected chi connectivity index (χ3v) is 5.03. The van der Waals surface area contributed by atoms with Crippen molar-refractivity contribution in [3.05, 3.63) is 29.8 Å². The molecule has 22 heavy (non-hydrogen) atoms. The highest BCUT2D eigenvalue weighted by Crippen LogP contribution is 2.57. The lowest BCUT2D eigenvalue weighted by Gasteiger charge is -2.23. The minimum Gasteiger partial charge on any atom is -0.371 e. The van der Waals surface area contributed by atoms with Gasteiger partial charge in [0.25, 0.3) is 0 Å². The van der Waals surface area contributed by atoms with Crippen LogP contribution < -0.4 is 10.6 Å². The Balaban J connectivity index is 1.67. The maximum Gasteiger partial charge on any atom is 0.416 e. The van der Waals surface area contributed by atoms with Gasteiger partial charge < -0.3 is 10.6 Å². The number of nitrogens with zero attached hydrogens (tertiary/aromatic N) is 1. The summed E-state index contributed by atoms with van der Waals surface area (Å²) in [4.78, 5) is 13.3. The zero-order chi connectivity index (χ0) is 16.0. The molecule has 0 spiro atoms. The van der Waals surface area contributed by atoms with Gasteiger partial charge in [0.2, 0.25) is 5.91 Å². The molecule has 1 aromatic rings. The van der Waals surface area contributed by atoms with Gasteiger partial charge >= 0.3 is 6.18 Å². The lowest BCUT2D eigenvalue weighted by molar-refractivity contribution is -0.137. The molecule has 0 aromatic heterocycles. The minimum atomic E-state index is -4.30. The fourth-order valence-electron chi connectivity index (χ4n) is 3.59. The Morgan fingerprint density at radius 2 is 1.91 bits per heavy atom. The Morgan fingerprint density at radius 3 is 2.41 bits per heavy atom. The lowest BCUT2D eigenvalue weighted by atomic mass is 9.85. The van der Waals surface area contributed by atoms with Crippen molar-refractivity contribution >= 4 is 11.6 Å². The molecule has 1 amide bonds. The number of nitrogens with two attached hydrogens (primary N) is 1. The molecule has 1 aliphatic carbocycles. The number of carbonyl (C=O) groups is 1. The molecular formula is C16H19F3N2O. The van der Waals surface area contributed by atoms with Crippen LogP contribution in [-0.2, 0) is 11.0 Å². The standard InChI is InChI=1S/C16H19F3N2O/c17-16(18,19)11-1-3-13(4-2-11)21-8-5-12(10-21)15(6-7-15)9-14(20)22/h1-4,12H,5-10H2,(H2,20,22)/t12-/m1/s1. The molecule has 1 saturated carbocycles. The second-order valence-electron chi connectivity index (χ2n) is 6.48. The van der Waals surface area contributed by atoms with Gasteiger partial charge in [-0.1, -0.05) is 0 Å². The predicted molar refractivity (Wildman–Crippen MR) is 77.2 cm³/mol. The average Bonchev–Trinajstić information content (AvgIpc) is 3.02. The summed E-state index contributed by atoms with van der Waals surface area (Å²) in [6, 6.07) is 5.30. The van der Waals surface area contributed by atoms with Crippen molar-refractivity contribution in [1.29, 1.82) is 0 Å². The molecule has 2 fully saturated rings. The molecular weight excluding hydrogens is 293 g/mol. The largest absolute Gasteiger partial charge is 0.416 e. The summed E-state index contributed by atoms with van der Waals surface area (Å²) >= 11 is 0. The predicted octanol–water partition coefficient (Wildman–Crippen LogP) is 3.19. The maximum atomic E-state index is 12.6. The van der Waals surface area contributed by atoms with Crippen LogP contribution in [0.4, 0.5) is 18.9 Å². The van der Waals surface area contributed by atoms with Gasteiger partial charge in [0.15, 0.2) is 0 Å². The number of alkyl halides is 3. The second-order valence-corrected chi connectivity index (χ2v) is 6.48. The fourth-order valence-corrected chi connectivity index (χ4v) is 3.59. The van der Waals surface area contributed by atoms with E-state index in [1.165, 1.54) is 12.1 Å². The van der Waals surface area contributed by atoms with Crippen molar-refractivity contribution in [3.63, 3.8) is 0 Å². The zero-order valence-electron chi connectivity index (χ0n) is 12.2. The van der Waals surface area contributed by atoms with E-state index in [0.717, 1.165) is 50.2 Å². The van der Waals surface area contributed by atoms with Gasteiger partial charge in [-0.2, -0.15) is 13.2 Å². The maximum absolute atomic E-state index is 12.6. The highest BCUT2D eigenvalue weighted by Gasteiger charge is 2.51. The topological polar surface area (TPSA) is 46.3 Å². The van der Waals surface area contributed by atoms with Crippen molar-refractivity contribution in [2.24, 2.45) is 17.1 Å². The first-order valence-corrected chi connectivity index (χ1v) is 7.51. The van der Waals surface area contributed by atoms with Crippen LogP contribution in [0.5, 0.6) is 0 Å². The molecule has 6 heteroatoms. The SMILES string of the molecule is NC(=O)CC1([C@@H]2CCN(c3ccc(C(F)(F)F)cc3)C2)CC1. The molecule has 0 unspecified atom stereocenters. The van der Waals surface area contributed by atoms with Crippen LogP contribution in [0, 0.1) is 11.3 Å². The first-order chi connectivity index (χ1) is 10.3.